The quantitative estimate of drug-likeness (QED) is 0.893. The molecule has 0 saturated carbocycles. The molecule has 5 nitrogen and oxygen atoms in total. The first-order valence-electron chi connectivity index (χ1n) is 6.97. The number of hydrogen-bond donors (Lipinski definition) is 1. The first-order valence-corrected chi connectivity index (χ1v) is 8.79. The molecule has 2 rings (SSSR count). The minimum Gasteiger partial charge on any atom is -0.381 e. The molecule has 0 aliphatic carbocycles. The third-order valence-corrected chi connectivity index (χ3v) is 6.00. The van der Waals surface area contributed by atoms with Gasteiger partial charge in [0.15, 0.2) is 0 Å². The Morgan fingerprint density at radius 3 is 2.81 bits per heavy atom. The molecular formula is C14H21ClN2O3S. The summed E-state index contributed by atoms with van der Waals surface area (Å²) in [6.07, 6.45) is 1.96. The molecular weight excluding hydrogens is 312 g/mol. The molecule has 1 atom stereocenters. The molecule has 1 unspecified atom stereocenters. The van der Waals surface area contributed by atoms with Gasteiger partial charge in [-0.15, -0.1) is 0 Å². The number of nitrogens with two attached hydrogens (primary N) is 1. The summed E-state index contributed by atoms with van der Waals surface area (Å²) < 4.78 is 31.9. The Morgan fingerprint density at radius 2 is 2.24 bits per heavy atom. The molecule has 1 aliphatic rings. The molecule has 7 heteroatoms. The van der Waals surface area contributed by atoms with E-state index in [9.17, 15) is 8.42 Å². The molecule has 0 radical (unpaired) electrons. The largest absolute Gasteiger partial charge is 0.381 e. The zero-order valence-corrected chi connectivity index (χ0v) is 13.7. The van der Waals surface area contributed by atoms with Crippen molar-refractivity contribution in [3.8, 4) is 0 Å². The fraction of sp³-hybridized carbons (Fsp3) is 0.571. The molecule has 1 fully saturated rings. The van der Waals surface area contributed by atoms with Crippen molar-refractivity contribution in [3.05, 3.63) is 28.8 Å². The number of rotatable bonds is 5. The Balaban J connectivity index is 2.16. The van der Waals surface area contributed by atoms with Crippen LogP contribution in [0.4, 0.5) is 0 Å². The smallest absolute Gasteiger partial charge is 0.244 e. The van der Waals surface area contributed by atoms with Crippen LogP contribution in [0.25, 0.3) is 0 Å². The van der Waals surface area contributed by atoms with E-state index in [1.165, 1.54) is 10.4 Å². The Kier molecular flexibility index (Phi) is 5.62. The molecule has 21 heavy (non-hydrogen) atoms. The molecule has 1 aromatic carbocycles. The molecule has 2 N–H and O–H groups in total. The summed E-state index contributed by atoms with van der Waals surface area (Å²) in [4.78, 5) is 0.126. The lowest BCUT2D eigenvalue weighted by atomic mass is 10.0. The SMILES string of the molecule is CN(CC1CCCOC1)S(=O)(=O)c1ccc(CN)cc1Cl. The number of ether oxygens (including phenoxy) is 1. The van der Waals surface area contributed by atoms with Crippen LogP contribution in [0.2, 0.25) is 5.02 Å². The lowest BCUT2D eigenvalue weighted by Crippen LogP contribution is -2.35. The fourth-order valence-electron chi connectivity index (χ4n) is 2.46. The second kappa shape index (κ2) is 7.07. The number of nitrogens with zero attached hydrogens (tertiary/aromatic N) is 1. The first-order chi connectivity index (χ1) is 9.95. The van der Waals surface area contributed by atoms with Crippen LogP contribution in [-0.4, -0.2) is 39.5 Å². The van der Waals surface area contributed by atoms with Crippen LogP contribution in [0.15, 0.2) is 23.1 Å². The van der Waals surface area contributed by atoms with Gasteiger partial charge in [-0.25, -0.2) is 12.7 Å². The number of halogens is 1. The van der Waals surface area contributed by atoms with E-state index in [2.05, 4.69) is 0 Å². The number of sulfonamides is 1. The number of hydrogen-bond acceptors (Lipinski definition) is 4. The van der Waals surface area contributed by atoms with Gasteiger partial charge in [0, 0.05) is 26.7 Å². The van der Waals surface area contributed by atoms with Crippen LogP contribution in [0.5, 0.6) is 0 Å². The van der Waals surface area contributed by atoms with Gasteiger partial charge in [-0.3, -0.25) is 0 Å². The van der Waals surface area contributed by atoms with Gasteiger partial charge in [0.05, 0.1) is 11.6 Å². The van der Waals surface area contributed by atoms with E-state index in [-0.39, 0.29) is 15.8 Å². The molecule has 1 aromatic rings. The van der Waals surface area contributed by atoms with Gasteiger partial charge in [0.2, 0.25) is 10.0 Å². The van der Waals surface area contributed by atoms with E-state index in [0.29, 0.717) is 19.7 Å². The summed E-state index contributed by atoms with van der Waals surface area (Å²) in [5.74, 6) is 0.237. The Morgan fingerprint density at radius 1 is 1.48 bits per heavy atom. The maximum atomic E-state index is 12.6. The Bertz CT molecular complexity index is 586. The lowest BCUT2D eigenvalue weighted by Gasteiger charge is -2.27. The van der Waals surface area contributed by atoms with Crippen LogP contribution in [0.1, 0.15) is 18.4 Å². The van der Waals surface area contributed by atoms with Crippen LogP contribution in [-0.2, 0) is 21.3 Å². The first kappa shape index (κ1) is 16.7. The minimum atomic E-state index is -3.59. The van der Waals surface area contributed by atoms with Crippen molar-refractivity contribution in [2.75, 3.05) is 26.8 Å². The standard InChI is InChI=1S/C14H21ClN2O3S/c1-17(9-12-3-2-6-20-10-12)21(18,19)14-5-4-11(8-16)7-13(14)15/h4-5,7,12H,2-3,6,8-10,16H2,1H3. The van der Waals surface area contributed by atoms with Gasteiger partial charge < -0.3 is 10.5 Å². The van der Waals surface area contributed by atoms with Crippen molar-refractivity contribution in [2.24, 2.45) is 11.7 Å². The van der Waals surface area contributed by atoms with Gasteiger partial charge >= 0.3 is 0 Å². The van der Waals surface area contributed by atoms with Crippen molar-refractivity contribution in [3.63, 3.8) is 0 Å². The van der Waals surface area contributed by atoms with Gasteiger partial charge in [-0.05, 0) is 36.5 Å². The maximum absolute atomic E-state index is 12.6. The summed E-state index contributed by atoms with van der Waals surface area (Å²) in [5, 5.41) is 0.213. The number of benzene rings is 1. The van der Waals surface area contributed by atoms with Gasteiger partial charge in [-0.1, -0.05) is 17.7 Å². The average Bonchev–Trinajstić information content (AvgIpc) is 2.47. The topological polar surface area (TPSA) is 72.6 Å². The highest BCUT2D eigenvalue weighted by Crippen LogP contribution is 2.26. The predicted molar refractivity (Wildman–Crippen MR) is 82.7 cm³/mol. The molecule has 0 amide bonds. The van der Waals surface area contributed by atoms with Crippen molar-refractivity contribution < 1.29 is 13.2 Å². The van der Waals surface area contributed by atoms with E-state index in [0.717, 1.165) is 25.0 Å². The van der Waals surface area contributed by atoms with E-state index in [1.807, 2.05) is 0 Å². The fourth-order valence-corrected chi connectivity index (χ4v) is 4.25. The second-order valence-corrected chi connectivity index (χ2v) is 7.76. The second-order valence-electron chi connectivity index (χ2n) is 5.34. The lowest BCUT2D eigenvalue weighted by molar-refractivity contribution is 0.0495. The summed E-state index contributed by atoms with van der Waals surface area (Å²) >= 11 is 6.09. The molecule has 118 valence electrons. The molecule has 0 aromatic heterocycles. The van der Waals surface area contributed by atoms with E-state index < -0.39 is 10.0 Å². The molecule has 1 aliphatic heterocycles. The molecule has 1 heterocycles. The van der Waals surface area contributed by atoms with Crippen molar-refractivity contribution in [1.29, 1.82) is 0 Å². The summed E-state index contributed by atoms with van der Waals surface area (Å²) in [6, 6.07) is 4.82. The summed E-state index contributed by atoms with van der Waals surface area (Å²) in [5.41, 5.74) is 6.34. The van der Waals surface area contributed by atoms with Crippen LogP contribution in [0.3, 0.4) is 0 Å². The third-order valence-electron chi connectivity index (χ3n) is 3.69. The van der Waals surface area contributed by atoms with Crippen molar-refractivity contribution in [1.82, 2.24) is 4.31 Å². The summed E-state index contributed by atoms with van der Waals surface area (Å²) in [7, 11) is -2.01. The zero-order valence-electron chi connectivity index (χ0n) is 12.1. The van der Waals surface area contributed by atoms with E-state index in [1.54, 1.807) is 19.2 Å². The highest BCUT2D eigenvalue weighted by molar-refractivity contribution is 7.89. The molecule has 0 spiro atoms. The Labute approximate surface area is 131 Å². The Hall–Kier alpha value is -0.660. The van der Waals surface area contributed by atoms with Crippen molar-refractivity contribution in [2.45, 2.75) is 24.3 Å². The summed E-state index contributed by atoms with van der Waals surface area (Å²) in [6.45, 7) is 2.14. The van der Waals surface area contributed by atoms with Gasteiger partial charge in [0.1, 0.15) is 4.90 Å². The van der Waals surface area contributed by atoms with Gasteiger partial charge in [0.25, 0.3) is 0 Å². The predicted octanol–water partition coefficient (Wildman–Crippen LogP) is 1.85. The minimum absolute atomic E-state index is 0.126. The molecule has 0 bridgehead atoms. The highest BCUT2D eigenvalue weighted by Gasteiger charge is 2.27. The molecule has 1 saturated heterocycles. The van der Waals surface area contributed by atoms with Crippen LogP contribution < -0.4 is 5.73 Å². The van der Waals surface area contributed by atoms with Crippen LogP contribution >= 0.6 is 11.6 Å². The van der Waals surface area contributed by atoms with E-state index in [4.69, 9.17) is 22.1 Å². The van der Waals surface area contributed by atoms with Crippen LogP contribution in [0, 0.1) is 5.92 Å². The van der Waals surface area contributed by atoms with Gasteiger partial charge in [-0.2, -0.15) is 0 Å². The average molecular weight is 333 g/mol. The third kappa shape index (κ3) is 3.96. The zero-order chi connectivity index (χ0) is 15.5. The highest BCUT2D eigenvalue weighted by atomic mass is 35.5. The monoisotopic (exact) mass is 332 g/mol. The van der Waals surface area contributed by atoms with E-state index >= 15 is 0 Å². The normalized spacial score (nSPS) is 19.9. The van der Waals surface area contributed by atoms with Crippen molar-refractivity contribution >= 4 is 21.6 Å². The maximum Gasteiger partial charge on any atom is 0.244 e.